The van der Waals surface area contributed by atoms with Gasteiger partial charge in [0.15, 0.2) is 9.84 Å². The van der Waals surface area contributed by atoms with Crippen LogP contribution in [0.4, 0.5) is 0 Å². The molecule has 1 aromatic rings. The molecule has 0 saturated carbocycles. The van der Waals surface area contributed by atoms with Gasteiger partial charge in [-0.2, -0.15) is 0 Å². The predicted molar refractivity (Wildman–Crippen MR) is 74.0 cm³/mol. The third kappa shape index (κ3) is 3.28. The van der Waals surface area contributed by atoms with Crippen LogP contribution in [0.1, 0.15) is 37.9 Å². The molecule has 0 spiro atoms. The first-order valence-corrected chi connectivity index (χ1v) is 8.38. The van der Waals surface area contributed by atoms with Crippen LogP contribution in [0.25, 0.3) is 0 Å². The van der Waals surface area contributed by atoms with Crippen molar-refractivity contribution in [2.75, 3.05) is 12.4 Å². The van der Waals surface area contributed by atoms with Gasteiger partial charge in [-0.05, 0) is 37.5 Å². The third-order valence-corrected chi connectivity index (χ3v) is 5.77. The molecular formula is C14H20O4S. The van der Waals surface area contributed by atoms with Gasteiger partial charge in [-0.25, -0.2) is 8.42 Å². The maximum absolute atomic E-state index is 12.0. The van der Waals surface area contributed by atoms with E-state index in [1.165, 1.54) is 0 Å². The van der Waals surface area contributed by atoms with E-state index in [1.54, 1.807) is 24.3 Å². The van der Waals surface area contributed by atoms with Crippen LogP contribution >= 0.6 is 0 Å². The summed E-state index contributed by atoms with van der Waals surface area (Å²) in [6, 6.07) is 7.05. The molecule has 1 N–H and O–H groups in total. The van der Waals surface area contributed by atoms with Crippen molar-refractivity contribution >= 4 is 9.84 Å². The van der Waals surface area contributed by atoms with Crippen LogP contribution in [0, 0.1) is 0 Å². The fraction of sp³-hybridized carbons (Fsp3) is 0.571. The third-order valence-electron chi connectivity index (χ3n) is 3.49. The molecule has 0 amide bonds. The molecule has 1 heterocycles. The van der Waals surface area contributed by atoms with Crippen LogP contribution in [0.15, 0.2) is 24.3 Å². The minimum absolute atomic E-state index is 0.180. The molecule has 0 aliphatic carbocycles. The normalized spacial score (nSPS) is 23.8. The number of benzene rings is 1. The number of sulfone groups is 1. The summed E-state index contributed by atoms with van der Waals surface area (Å²) in [5.74, 6) is 0.840. The second kappa shape index (κ2) is 5.92. The Morgan fingerprint density at radius 3 is 2.89 bits per heavy atom. The van der Waals surface area contributed by atoms with Gasteiger partial charge in [-0.1, -0.05) is 18.6 Å². The highest BCUT2D eigenvalue weighted by atomic mass is 32.2. The molecule has 5 heteroatoms. The summed E-state index contributed by atoms with van der Waals surface area (Å²) >= 11 is 0. The quantitative estimate of drug-likeness (QED) is 0.919. The highest BCUT2D eigenvalue weighted by Crippen LogP contribution is 2.31. The van der Waals surface area contributed by atoms with E-state index in [1.807, 2.05) is 6.92 Å². The van der Waals surface area contributed by atoms with E-state index in [-0.39, 0.29) is 5.75 Å². The molecule has 1 aliphatic heterocycles. The summed E-state index contributed by atoms with van der Waals surface area (Å²) in [6.07, 6.45) is 1.12. The molecule has 0 aromatic heterocycles. The zero-order valence-electron chi connectivity index (χ0n) is 11.1. The van der Waals surface area contributed by atoms with Crippen LogP contribution in [0.3, 0.4) is 0 Å². The van der Waals surface area contributed by atoms with Crippen LogP contribution in [0.5, 0.6) is 5.75 Å². The summed E-state index contributed by atoms with van der Waals surface area (Å²) in [6.45, 7) is 2.43. The SMILES string of the molecule is CCOc1cccc(C(O)C2CCCCS2(=O)=O)c1. The molecule has 19 heavy (non-hydrogen) atoms. The van der Waals surface area contributed by atoms with Gasteiger partial charge in [0.1, 0.15) is 5.75 Å². The number of aliphatic hydroxyl groups is 1. The van der Waals surface area contributed by atoms with Crippen LogP contribution < -0.4 is 4.74 Å². The Labute approximate surface area is 114 Å². The second-order valence-corrected chi connectivity index (χ2v) is 7.19. The molecule has 106 valence electrons. The molecule has 2 unspecified atom stereocenters. The van der Waals surface area contributed by atoms with Gasteiger partial charge in [0.05, 0.1) is 23.7 Å². The van der Waals surface area contributed by atoms with Gasteiger partial charge in [0, 0.05) is 0 Å². The molecule has 1 saturated heterocycles. The minimum atomic E-state index is -3.19. The van der Waals surface area contributed by atoms with E-state index < -0.39 is 21.2 Å². The van der Waals surface area contributed by atoms with E-state index in [0.29, 0.717) is 30.8 Å². The van der Waals surface area contributed by atoms with Crippen molar-refractivity contribution in [2.45, 2.75) is 37.5 Å². The first kappa shape index (κ1) is 14.3. The Balaban J connectivity index is 2.23. The number of rotatable bonds is 4. The largest absolute Gasteiger partial charge is 0.494 e. The highest BCUT2D eigenvalue weighted by Gasteiger charge is 2.35. The Morgan fingerprint density at radius 1 is 1.42 bits per heavy atom. The first-order chi connectivity index (χ1) is 9.04. The lowest BCUT2D eigenvalue weighted by atomic mass is 10.0. The predicted octanol–water partition coefficient (Wildman–Crippen LogP) is 2.09. The van der Waals surface area contributed by atoms with E-state index in [2.05, 4.69) is 0 Å². The summed E-state index contributed by atoms with van der Waals surface area (Å²) in [4.78, 5) is 0. The maximum Gasteiger partial charge on any atom is 0.156 e. The van der Waals surface area contributed by atoms with Gasteiger partial charge >= 0.3 is 0 Å². The van der Waals surface area contributed by atoms with Gasteiger partial charge < -0.3 is 9.84 Å². The monoisotopic (exact) mass is 284 g/mol. The van der Waals surface area contributed by atoms with Crippen molar-refractivity contribution in [3.63, 3.8) is 0 Å². The number of ether oxygens (including phenoxy) is 1. The van der Waals surface area contributed by atoms with Gasteiger partial charge in [-0.3, -0.25) is 0 Å². The summed E-state index contributed by atoms with van der Waals surface area (Å²) in [5.41, 5.74) is 0.612. The Bertz CT molecular complexity index is 524. The Hall–Kier alpha value is -1.07. The van der Waals surface area contributed by atoms with Crippen LogP contribution in [0.2, 0.25) is 0 Å². The second-order valence-electron chi connectivity index (χ2n) is 4.85. The summed E-state index contributed by atoms with van der Waals surface area (Å²) < 4.78 is 29.4. The minimum Gasteiger partial charge on any atom is -0.494 e. The standard InChI is InChI=1S/C14H20O4S/c1-2-18-12-7-5-6-11(10-12)14(15)13-8-3-4-9-19(13,16)17/h5-7,10,13-15H,2-4,8-9H2,1H3. The molecular weight excluding hydrogens is 264 g/mol. The lowest BCUT2D eigenvalue weighted by Gasteiger charge is -2.27. The van der Waals surface area contributed by atoms with E-state index in [9.17, 15) is 13.5 Å². The molecule has 1 aliphatic rings. The molecule has 1 fully saturated rings. The molecule has 2 rings (SSSR count). The molecule has 4 nitrogen and oxygen atoms in total. The summed E-state index contributed by atoms with van der Waals surface area (Å²) in [5, 5.41) is 9.66. The lowest BCUT2D eigenvalue weighted by molar-refractivity contribution is 0.164. The highest BCUT2D eigenvalue weighted by molar-refractivity contribution is 7.92. The fourth-order valence-electron chi connectivity index (χ4n) is 2.50. The average Bonchev–Trinajstić information content (AvgIpc) is 2.38. The van der Waals surface area contributed by atoms with Gasteiger partial charge in [0.25, 0.3) is 0 Å². The van der Waals surface area contributed by atoms with Crippen molar-refractivity contribution in [3.05, 3.63) is 29.8 Å². The molecule has 1 aromatic carbocycles. The zero-order chi connectivity index (χ0) is 13.9. The maximum atomic E-state index is 12.0. The number of hydrogen-bond acceptors (Lipinski definition) is 4. The van der Waals surface area contributed by atoms with Crippen molar-refractivity contribution in [3.8, 4) is 5.75 Å². The van der Waals surface area contributed by atoms with E-state index in [0.717, 1.165) is 6.42 Å². The van der Waals surface area contributed by atoms with E-state index >= 15 is 0 Å². The van der Waals surface area contributed by atoms with Crippen molar-refractivity contribution in [1.29, 1.82) is 0 Å². The number of aliphatic hydroxyl groups excluding tert-OH is 1. The molecule has 2 atom stereocenters. The molecule has 0 bridgehead atoms. The Morgan fingerprint density at radius 2 is 2.21 bits per heavy atom. The van der Waals surface area contributed by atoms with Crippen molar-refractivity contribution < 1.29 is 18.3 Å². The van der Waals surface area contributed by atoms with E-state index in [4.69, 9.17) is 4.74 Å². The van der Waals surface area contributed by atoms with Crippen molar-refractivity contribution in [2.24, 2.45) is 0 Å². The average molecular weight is 284 g/mol. The van der Waals surface area contributed by atoms with Gasteiger partial charge in [0.2, 0.25) is 0 Å². The molecule has 0 radical (unpaired) electrons. The fourth-order valence-corrected chi connectivity index (χ4v) is 4.49. The Kier molecular flexibility index (Phi) is 4.47. The smallest absolute Gasteiger partial charge is 0.156 e. The van der Waals surface area contributed by atoms with Crippen molar-refractivity contribution in [1.82, 2.24) is 0 Å². The summed E-state index contributed by atoms with van der Waals surface area (Å²) in [7, 11) is -3.19. The van der Waals surface area contributed by atoms with Gasteiger partial charge in [-0.15, -0.1) is 0 Å². The lowest BCUT2D eigenvalue weighted by Crippen LogP contribution is -2.33. The first-order valence-electron chi connectivity index (χ1n) is 6.67. The zero-order valence-corrected chi connectivity index (χ0v) is 11.9. The van der Waals surface area contributed by atoms with Crippen LogP contribution in [-0.2, 0) is 9.84 Å². The van der Waals surface area contributed by atoms with Crippen LogP contribution in [-0.4, -0.2) is 31.1 Å². The number of hydrogen-bond donors (Lipinski definition) is 1. The topological polar surface area (TPSA) is 63.6 Å².